The van der Waals surface area contributed by atoms with Gasteiger partial charge in [-0.3, -0.25) is 9.69 Å². The molecule has 0 fully saturated rings. The maximum Gasteiger partial charge on any atom is 0.231 e. The van der Waals surface area contributed by atoms with Gasteiger partial charge in [0.25, 0.3) is 0 Å². The number of carbonyl (C=O) groups excluding carboxylic acids is 1. The van der Waals surface area contributed by atoms with Crippen LogP contribution in [0, 0.1) is 5.82 Å². The van der Waals surface area contributed by atoms with Crippen molar-refractivity contribution in [2.45, 2.75) is 25.4 Å². The summed E-state index contributed by atoms with van der Waals surface area (Å²) in [6, 6.07) is 13.4. The smallest absolute Gasteiger partial charge is 0.231 e. The van der Waals surface area contributed by atoms with Crippen LogP contribution in [0.3, 0.4) is 0 Å². The van der Waals surface area contributed by atoms with Crippen LogP contribution in [0.15, 0.2) is 54.9 Å². The van der Waals surface area contributed by atoms with E-state index in [0.29, 0.717) is 17.4 Å². The Labute approximate surface area is 155 Å². The highest BCUT2D eigenvalue weighted by Gasteiger charge is 2.38. The number of nitrogens with zero attached hydrogens (tertiary/aromatic N) is 4. The van der Waals surface area contributed by atoms with E-state index in [1.165, 1.54) is 25.4 Å². The number of benzene rings is 2. The molecule has 1 aliphatic rings. The zero-order valence-electron chi connectivity index (χ0n) is 14.0. The first-order chi connectivity index (χ1) is 12.5. The van der Waals surface area contributed by atoms with Gasteiger partial charge in [0, 0.05) is 11.9 Å². The monoisotopic (exact) mass is 370 g/mol. The van der Waals surface area contributed by atoms with Crippen molar-refractivity contribution < 1.29 is 9.18 Å². The summed E-state index contributed by atoms with van der Waals surface area (Å²) in [6.45, 7) is 1.51. The lowest BCUT2D eigenvalue weighted by molar-refractivity contribution is -0.117. The van der Waals surface area contributed by atoms with E-state index in [4.69, 9.17) is 11.6 Å². The fourth-order valence-corrected chi connectivity index (χ4v) is 3.61. The molecule has 0 N–H and O–H groups in total. The van der Waals surface area contributed by atoms with Crippen LogP contribution in [0.5, 0.6) is 0 Å². The molecule has 2 atom stereocenters. The Bertz CT molecular complexity index is 939. The van der Waals surface area contributed by atoms with Crippen LogP contribution < -0.4 is 4.90 Å². The van der Waals surface area contributed by atoms with Crippen LogP contribution in [0.1, 0.15) is 36.6 Å². The number of fused-ring (bicyclic) bond motifs is 1. The Balaban J connectivity index is 1.82. The number of hydrogen-bond donors (Lipinski definition) is 0. The minimum absolute atomic E-state index is 0.114. The lowest BCUT2D eigenvalue weighted by Gasteiger charge is -2.38. The fourth-order valence-electron chi connectivity index (χ4n) is 3.49. The molecule has 2 heterocycles. The predicted molar refractivity (Wildman–Crippen MR) is 96.5 cm³/mol. The molecule has 1 aromatic heterocycles. The summed E-state index contributed by atoms with van der Waals surface area (Å²) in [7, 11) is 0. The van der Waals surface area contributed by atoms with Gasteiger partial charge in [-0.15, -0.1) is 0 Å². The van der Waals surface area contributed by atoms with E-state index < -0.39 is 0 Å². The summed E-state index contributed by atoms with van der Waals surface area (Å²) in [6.07, 6.45) is 2.04. The molecule has 26 heavy (non-hydrogen) atoms. The van der Waals surface area contributed by atoms with Gasteiger partial charge in [-0.1, -0.05) is 35.9 Å². The molecule has 2 aromatic carbocycles. The largest absolute Gasteiger partial charge is 0.275 e. The second kappa shape index (κ2) is 6.53. The molecule has 0 aliphatic carbocycles. The third-order valence-corrected chi connectivity index (χ3v) is 4.92. The molecule has 4 rings (SSSR count). The quantitative estimate of drug-likeness (QED) is 0.680. The minimum atomic E-state index is -0.289. The first-order valence-electron chi connectivity index (χ1n) is 8.25. The van der Waals surface area contributed by atoms with Gasteiger partial charge in [0.15, 0.2) is 0 Å². The average Bonchev–Trinajstić information content (AvgIpc) is 3.11. The predicted octanol–water partition coefficient (Wildman–Crippen LogP) is 4.16. The van der Waals surface area contributed by atoms with E-state index in [1.54, 1.807) is 33.8 Å². The first kappa shape index (κ1) is 16.7. The standard InChI is InChI=1S/C19H16ClFN4O/c1-12(26)24-17(13-2-6-15(20)7-3-13)10-18(25-19(24)22-11-23-25)14-4-8-16(21)9-5-14/h2-9,11,17-18H,10H2,1H3/t17-,18-/m0/s1. The molecule has 7 heteroatoms. The van der Waals surface area contributed by atoms with Crippen LogP contribution >= 0.6 is 11.6 Å². The fraction of sp³-hybridized carbons (Fsp3) is 0.211. The molecular formula is C19H16ClFN4O. The molecule has 0 spiro atoms. The molecule has 0 radical (unpaired) electrons. The number of aromatic nitrogens is 3. The summed E-state index contributed by atoms with van der Waals surface area (Å²) in [5, 5.41) is 4.94. The molecule has 0 unspecified atom stereocenters. The first-order valence-corrected chi connectivity index (χ1v) is 8.62. The third kappa shape index (κ3) is 2.86. The van der Waals surface area contributed by atoms with E-state index in [0.717, 1.165) is 11.1 Å². The zero-order chi connectivity index (χ0) is 18.3. The van der Waals surface area contributed by atoms with Crippen molar-refractivity contribution in [1.82, 2.24) is 14.8 Å². The number of carbonyl (C=O) groups is 1. The van der Waals surface area contributed by atoms with Crippen molar-refractivity contribution in [1.29, 1.82) is 0 Å². The van der Waals surface area contributed by atoms with Crippen molar-refractivity contribution in [2.24, 2.45) is 0 Å². The molecule has 132 valence electrons. The molecule has 5 nitrogen and oxygen atoms in total. The normalized spacial score (nSPS) is 19.3. The average molecular weight is 371 g/mol. The lowest BCUT2D eigenvalue weighted by Crippen LogP contribution is -2.41. The van der Waals surface area contributed by atoms with Gasteiger partial charge >= 0.3 is 0 Å². The SMILES string of the molecule is CC(=O)N1c2ncnn2[C@H](c2ccc(F)cc2)C[C@H]1c1ccc(Cl)cc1. The molecule has 0 saturated carbocycles. The topological polar surface area (TPSA) is 51.0 Å². The molecule has 1 amide bonds. The van der Waals surface area contributed by atoms with Gasteiger partial charge in [-0.05, 0) is 41.8 Å². The van der Waals surface area contributed by atoms with Gasteiger partial charge in [0.1, 0.15) is 12.1 Å². The molecule has 3 aromatic rings. The van der Waals surface area contributed by atoms with Gasteiger partial charge in [0.05, 0.1) is 12.1 Å². The summed E-state index contributed by atoms with van der Waals surface area (Å²) in [5.41, 5.74) is 1.88. The zero-order valence-corrected chi connectivity index (χ0v) is 14.8. The third-order valence-electron chi connectivity index (χ3n) is 4.67. The lowest BCUT2D eigenvalue weighted by atomic mass is 9.92. The Hall–Kier alpha value is -2.73. The number of anilines is 1. The molecule has 1 aliphatic heterocycles. The Morgan fingerprint density at radius 1 is 1.08 bits per heavy atom. The number of halogens is 2. The summed E-state index contributed by atoms with van der Waals surface area (Å²) in [4.78, 5) is 18.3. The molecule has 0 saturated heterocycles. The summed E-state index contributed by atoms with van der Waals surface area (Å²) < 4.78 is 15.1. The van der Waals surface area contributed by atoms with Gasteiger partial charge in [-0.25, -0.2) is 9.07 Å². The van der Waals surface area contributed by atoms with E-state index in [-0.39, 0.29) is 23.8 Å². The van der Waals surface area contributed by atoms with E-state index in [2.05, 4.69) is 10.1 Å². The number of rotatable bonds is 2. The second-order valence-electron chi connectivity index (χ2n) is 6.26. The maximum atomic E-state index is 13.3. The highest BCUT2D eigenvalue weighted by atomic mass is 35.5. The van der Waals surface area contributed by atoms with Crippen LogP contribution in [-0.4, -0.2) is 20.7 Å². The van der Waals surface area contributed by atoms with Crippen molar-refractivity contribution in [3.05, 3.63) is 76.8 Å². The second-order valence-corrected chi connectivity index (χ2v) is 6.70. The van der Waals surface area contributed by atoms with Gasteiger partial charge in [-0.2, -0.15) is 10.1 Å². The molecule has 0 bridgehead atoms. The minimum Gasteiger partial charge on any atom is -0.275 e. The van der Waals surface area contributed by atoms with Gasteiger partial charge < -0.3 is 0 Å². The van der Waals surface area contributed by atoms with E-state index in [1.807, 2.05) is 12.1 Å². The van der Waals surface area contributed by atoms with E-state index in [9.17, 15) is 9.18 Å². The highest BCUT2D eigenvalue weighted by Crippen LogP contribution is 2.41. The Kier molecular flexibility index (Phi) is 4.20. The number of hydrogen-bond acceptors (Lipinski definition) is 3. The van der Waals surface area contributed by atoms with Crippen LogP contribution in [0.2, 0.25) is 5.02 Å². The summed E-state index contributed by atoms with van der Waals surface area (Å²) in [5.74, 6) is 0.0813. The van der Waals surface area contributed by atoms with Crippen molar-refractivity contribution in [2.75, 3.05) is 4.90 Å². The van der Waals surface area contributed by atoms with Crippen LogP contribution in [-0.2, 0) is 4.79 Å². The number of amides is 1. The maximum absolute atomic E-state index is 13.3. The Morgan fingerprint density at radius 2 is 1.69 bits per heavy atom. The van der Waals surface area contributed by atoms with Gasteiger partial charge in [0.2, 0.25) is 11.9 Å². The van der Waals surface area contributed by atoms with E-state index >= 15 is 0 Å². The van der Waals surface area contributed by atoms with Crippen molar-refractivity contribution >= 4 is 23.5 Å². The summed E-state index contributed by atoms with van der Waals surface area (Å²) >= 11 is 6.01. The Morgan fingerprint density at radius 3 is 2.35 bits per heavy atom. The van der Waals surface area contributed by atoms with Crippen molar-refractivity contribution in [3.8, 4) is 0 Å². The molecular weight excluding hydrogens is 355 g/mol. The van der Waals surface area contributed by atoms with Crippen LogP contribution in [0.4, 0.5) is 10.3 Å². The van der Waals surface area contributed by atoms with Crippen molar-refractivity contribution in [3.63, 3.8) is 0 Å². The van der Waals surface area contributed by atoms with Crippen LogP contribution in [0.25, 0.3) is 0 Å². The highest BCUT2D eigenvalue weighted by molar-refractivity contribution is 6.30.